The van der Waals surface area contributed by atoms with Crippen LogP contribution in [0, 0.1) is 11.3 Å². The first-order valence-corrected chi connectivity index (χ1v) is 10.3. The zero-order valence-electron chi connectivity index (χ0n) is 15.4. The highest BCUT2D eigenvalue weighted by atomic mass is 32.2. The van der Waals surface area contributed by atoms with Crippen LogP contribution in [0.2, 0.25) is 0 Å². The molecule has 2 aromatic carbocycles. The lowest BCUT2D eigenvalue weighted by Gasteiger charge is -2.30. The van der Waals surface area contributed by atoms with Crippen LogP contribution in [-0.4, -0.2) is 43.1 Å². The number of hydroxylamine groups is 1. The Morgan fingerprint density at radius 2 is 1.72 bits per heavy atom. The quantitative estimate of drug-likeness (QED) is 0.640. The number of piperidine rings is 1. The minimum Gasteiger partial charge on any atom is -0.508 e. The molecule has 3 rings (SSSR count). The van der Waals surface area contributed by atoms with Crippen LogP contribution in [0.25, 0.3) is 0 Å². The first-order valence-electron chi connectivity index (χ1n) is 8.90. The summed E-state index contributed by atoms with van der Waals surface area (Å²) >= 11 is 0. The number of nitrogens with one attached hydrogen (secondary N) is 2. The lowest BCUT2D eigenvalue weighted by molar-refractivity contribution is -0.0246. The van der Waals surface area contributed by atoms with Gasteiger partial charge in [0.15, 0.2) is 0 Å². The van der Waals surface area contributed by atoms with E-state index < -0.39 is 16.1 Å². The van der Waals surface area contributed by atoms with Gasteiger partial charge >= 0.3 is 6.03 Å². The second-order valence-electron chi connectivity index (χ2n) is 6.46. The molecule has 0 saturated carbocycles. The average molecular weight is 416 g/mol. The topological polar surface area (TPSA) is 132 Å². The van der Waals surface area contributed by atoms with Crippen molar-refractivity contribution >= 4 is 21.7 Å². The summed E-state index contributed by atoms with van der Waals surface area (Å²) < 4.78 is 26.6. The Bertz CT molecular complexity index is 992. The lowest BCUT2D eigenvalue weighted by Crippen LogP contribution is -2.43. The number of rotatable bonds is 5. The van der Waals surface area contributed by atoms with Crippen LogP contribution in [0.5, 0.6) is 5.75 Å². The van der Waals surface area contributed by atoms with Gasteiger partial charge in [-0.05, 0) is 61.4 Å². The summed E-state index contributed by atoms with van der Waals surface area (Å²) in [4.78, 5) is 17.4. The fourth-order valence-corrected chi connectivity index (χ4v) is 4.35. The number of carbonyl (C=O) groups is 1. The van der Waals surface area contributed by atoms with Gasteiger partial charge in [0.2, 0.25) is 10.0 Å². The summed E-state index contributed by atoms with van der Waals surface area (Å²) in [6.07, 6.45) is 0.538. The van der Waals surface area contributed by atoms with Crippen LogP contribution >= 0.6 is 0 Å². The van der Waals surface area contributed by atoms with E-state index in [4.69, 9.17) is 10.1 Å². The molecule has 1 heterocycles. The van der Waals surface area contributed by atoms with E-state index in [9.17, 15) is 18.3 Å². The zero-order valence-corrected chi connectivity index (χ0v) is 16.2. The molecular weight excluding hydrogens is 396 g/mol. The largest absolute Gasteiger partial charge is 0.508 e. The number of carbonyl (C=O) groups excluding carboxylic acids is 1. The normalized spacial score (nSPS) is 15.4. The van der Waals surface area contributed by atoms with Gasteiger partial charge in [-0.3, -0.25) is 4.84 Å². The van der Waals surface area contributed by atoms with Crippen molar-refractivity contribution in [2.75, 3.05) is 18.4 Å². The average Bonchev–Trinajstić information content (AvgIpc) is 2.73. The molecule has 0 aromatic heterocycles. The van der Waals surface area contributed by atoms with Gasteiger partial charge in [-0.15, -0.1) is 0 Å². The van der Waals surface area contributed by atoms with Crippen molar-refractivity contribution in [2.24, 2.45) is 0 Å². The van der Waals surface area contributed by atoms with Crippen LogP contribution in [0.3, 0.4) is 0 Å². The van der Waals surface area contributed by atoms with Crippen LogP contribution in [-0.2, 0) is 14.9 Å². The Morgan fingerprint density at radius 3 is 2.31 bits per heavy atom. The molecule has 1 fully saturated rings. The van der Waals surface area contributed by atoms with Crippen molar-refractivity contribution in [3.63, 3.8) is 0 Å². The number of hydrogen-bond acceptors (Lipinski definition) is 6. The van der Waals surface area contributed by atoms with Gasteiger partial charge in [-0.25, -0.2) is 18.7 Å². The highest BCUT2D eigenvalue weighted by molar-refractivity contribution is 7.89. The number of phenols is 1. The van der Waals surface area contributed by atoms with Crippen LogP contribution in [0.1, 0.15) is 18.4 Å². The van der Waals surface area contributed by atoms with Crippen molar-refractivity contribution in [1.29, 1.82) is 5.26 Å². The van der Waals surface area contributed by atoms with E-state index in [-0.39, 0.29) is 29.8 Å². The number of aromatic hydroxyl groups is 1. The number of hydrogen-bond donors (Lipinski definition) is 3. The molecule has 0 bridgehead atoms. The summed E-state index contributed by atoms with van der Waals surface area (Å²) in [5.41, 5.74) is 3.31. The molecule has 2 amide bonds. The van der Waals surface area contributed by atoms with E-state index in [0.29, 0.717) is 24.1 Å². The second kappa shape index (κ2) is 8.91. The fourth-order valence-electron chi connectivity index (χ4n) is 2.88. The summed E-state index contributed by atoms with van der Waals surface area (Å²) in [6, 6.07) is 13.2. The third-order valence-electron chi connectivity index (χ3n) is 4.47. The number of nitriles is 1. The molecule has 1 aliphatic heterocycles. The number of urea groups is 1. The highest BCUT2D eigenvalue weighted by Crippen LogP contribution is 2.23. The molecule has 29 heavy (non-hydrogen) atoms. The van der Waals surface area contributed by atoms with Gasteiger partial charge in [-0.2, -0.15) is 9.57 Å². The SMILES string of the molecule is N#Cc1ccc(NC(=O)NOC2CCN(S(=O)(=O)c3ccc(O)cc3)CC2)cc1. The Hall–Kier alpha value is -3.13. The molecule has 0 atom stereocenters. The number of benzene rings is 2. The molecule has 3 N–H and O–H groups in total. The van der Waals surface area contributed by atoms with Crippen LogP contribution in [0.4, 0.5) is 10.5 Å². The summed E-state index contributed by atoms with van der Waals surface area (Å²) in [7, 11) is -3.64. The minimum atomic E-state index is -3.64. The molecule has 0 spiro atoms. The van der Waals surface area contributed by atoms with Crippen molar-refractivity contribution in [3.8, 4) is 11.8 Å². The summed E-state index contributed by atoms with van der Waals surface area (Å²) in [5, 5.41) is 20.7. The van der Waals surface area contributed by atoms with Crippen molar-refractivity contribution < 1.29 is 23.2 Å². The predicted octanol–water partition coefficient (Wildman–Crippen LogP) is 2.17. The van der Waals surface area contributed by atoms with E-state index in [2.05, 4.69) is 10.8 Å². The minimum absolute atomic E-state index is 0.00131. The maximum atomic E-state index is 12.6. The van der Waals surface area contributed by atoms with Gasteiger partial charge in [0.1, 0.15) is 5.75 Å². The van der Waals surface area contributed by atoms with E-state index in [1.165, 1.54) is 28.6 Å². The molecule has 1 aliphatic rings. The van der Waals surface area contributed by atoms with Gasteiger partial charge < -0.3 is 10.4 Å². The van der Waals surface area contributed by atoms with E-state index in [0.717, 1.165) is 0 Å². The number of sulfonamides is 1. The van der Waals surface area contributed by atoms with E-state index in [1.54, 1.807) is 24.3 Å². The first-order chi connectivity index (χ1) is 13.9. The van der Waals surface area contributed by atoms with Crippen molar-refractivity contribution in [3.05, 3.63) is 54.1 Å². The molecular formula is C19H20N4O5S. The molecule has 0 unspecified atom stereocenters. The summed E-state index contributed by atoms with van der Waals surface area (Å²) in [6.45, 7) is 0.513. The molecule has 152 valence electrons. The highest BCUT2D eigenvalue weighted by Gasteiger charge is 2.30. The molecule has 0 radical (unpaired) electrons. The smallest absolute Gasteiger partial charge is 0.343 e. The number of amides is 2. The molecule has 1 saturated heterocycles. The van der Waals surface area contributed by atoms with Gasteiger partial charge in [0.05, 0.1) is 22.6 Å². The maximum absolute atomic E-state index is 12.6. The molecule has 10 heteroatoms. The van der Waals surface area contributed by atoms with E-state index in [1.807, 2.05) is 6.07 Å². The number of phenolic OH excluding ortho intramolecular Hbond substituents is 1. The van der Waals surface area contributed by atoms with Crippen LogP contribution < -0.4 is 10.8 Å². The second-order valence-corrected chi connectivity index (χ2v) is 8.40. The van der Waals surface area contributed by atoms with Gasteiger partial charge in [-0.1, -0.05) is 0 Å². The summed E-state index contributed by atoms with van der Waals surface area (Å²) in [5.74, 6) is 0.00131. The standard InChI is InChI=1S/C19H20N4O5S/c20-13-14-1-3-15(4-2-14)21-19(25)22-28-17-9-11-23(12-10-17)29(26,27)18-7-5-16(24)6-8-18/h1-8,17,24H,9-12H2,(H2,21,22,25). The zero-order chi connectivity index (χ0) is 20.9. The maximum Gasteiger partial charge on any atom is 0.343 e. The Balaban J connectivity index is 1.46. The third-order valence-corrected chi connectivity index (χ3v) is 6.38. The van der Waals surface area contributed by atoms with Crippen molar-refractivity contribution in [1.82, 2.24) is 9.79 Å². The number of nitrogens with zero attached hydrogens (tertiary/aromatic N) is 2. The van der Waals surface area contributed by atoms with Gasteiger partial charge in [0.25, 0.3) is 0 Å². The lowest BCUT2D eigenvalue weighted by atomic mass is 10.1. The fraction of sp³-hybridized carbons (Fsp3) is 0.263. The van der Waals surface area contributed by atoms with Crippen molar-refractivity contribution in [2.45, 2.75) is 23.8 Å². The van der Waals surface area contributed by atoms with E-state index >= 15 is 0 Å². The monoisotopic (exact) mass is 416 g/mol. The first kappa shape index (κ1) is 20.6. The predicted molar refractivity (Wildman–Crippen MR) is 104 cm³/mol. The third kappa shape index (κ3) is 5.23. The molecule has 9 nitrogen and oxygen atoms in total. The number of anilines is 1. The molecule has 0 aliphatic carbocycles. The Morgan fingerprint density at radius 1 is 1.10 bits per heavy atom. The van der Waals surface area contributed by atoms with Crippen LogP contribution in [0.15, 0.2) is 53.4 Å². The Kier molecular flexibility index (Phi) is 6.33. The van der Waals surface area contributed by atoms with Gasteiger partial charge in [0, 0.05) is 18.8 Å². The Labute approximate surface area is 168 Å². The molecule has 2 aromatic rings.